The van der Waals surface area contributed by atoms with Gasteiger partial charge in [-0.2, -0.15) is 0 Å². The largest absolute Gasteiger partial charge is 0.453 e. The average Bonchev–Trinajstić information content (AvgIpc) is 4.16. The van der Waals surface area contributed by atoms with Crippen LogP contribution in [0.3, 0.4) is 0 Å². The number of amides is 4. The highest BCUT2D eigenvalue weighted by Gasteiger charge is 2.44. The van der Waals surface area contributed by atoms with Gasteiger partial charge in [0.15, 0.2) is 0 Å². The van der Waals surface area contributed by atoms with Crippen LogP contribution in [0.1, 0.15) is 117 Å². The van der Waals surface area contributed by atoms with E-state index in [4.69, 9.17) is 28.9 Å². The molecule has 5 N–H and O–H groups in total. The number of aromatic amines is 2. The minimum Gasteiger partial charge on any atom is -0.453 e. The number of ether oxygens (including phenoxy) is 4. The fraction of sp³-hybridized carbons (Fsp3) is 0.483. The Morgan fingerprint density at radius 2 is 1.26 bits per heavy atom. The molecule has 0 radical (unpaired) electrons. The molecule has 10 rings (SSSR count). The van der Waals surface area contributed by atoms with E-state index in [0.29, 0.717) is 97.9 Å². The lowest BCUT2D eigenvalue weighted by atomic mass is 9.89. The molecule has 9 atom stereocenters. The smallest absolute Gasteiger partial charge is 0.407 e. The standard InChI is InChI=1S/C58H68F4N10O9/c1-30-17-23-71(55(74)50(31(2)78-3)67-57(76)80-5)52(30)54-65-42-26-37(39(61)28-44(42)66-54)46-16-15-45(72(46)35-13-14-47(40(62)24-35)69-21-18-33(19-22-69)32-9-11-34(59)12-10-32)36-25-41-43(27-38(36)60)64-53(63-41)48-8-7-20-70(48)56(75)51(49(29-73)79-4)68-58(77)81-6/h9-14,24-28,30-31,33,45-46,48-52,73H,7-8,15-23,29H2,1-6H3,(H,63,64)(H,65,66)(H,67,76)(H,68,77)/t30-,31-,45-,46-,48+,49-,50+,51+,52+/m1/s1. The normalized spacial score (nSPS) is 22.1. The van der Waals surface area contributed by atoms with Crippen molar-refractivity contribution in [3.05, 3.63) is 118 Å². The van der Waals surface area contributed by atoms with Gasteiger partial charge in [-0.1, -0.05) is 19.1 Å². The van der Waals surface area contributed by atoms with E-state index in [1.807, 2.05) is 16.7 Å². The Balaban J connectivity index is 0.987. The molecule has 23 heteroatoms. The van der Waals surface area contributed by atoms with Gasteiger partial charge in [0.25, 0.3) is 0 Å². The molecule has 4 aromatic carbocycles. The van der Waals surface area contributed by atoms with Gasteiger partial charge < -0.3 is 64.3 Å². The Morgan fingerprint density at radius 3 is 1.84 bits per heavy atom. The molecule has 0 aliphatic carbocycles. The molecule has 0 bridgehead atoms. The first-order chi connectivity index (χ1) is 39.0. The van der Waals surface area contributed by atoms with E-state index in [1.165, 1.54) is 56.6 Å². The van der Waals surface area contributed by atoms with Gasteiger partial charge in [-0.25, -0.2) is 37.1 Å². The number of alkyl carbamates (subject to hydrolysis) is 2. The third-order valence-corrected chi connectivity index (χ3v) is 17.0. The van der Waals surface area contributed by atoms with Crippen molar-refractivity contribution in [2.24, 2.45) is 5.92 Å². The van der Waals surface area contributed by atoms with Gasteiger partial charge in [-0.15, -0.1) is 0 Å². The van der Waals surface area contributed by atoms with Crippen molar-refractivity contribution in [2.45, 2.75) is 113 Å². The number of carbonyl (C=O) groups is 4. The van der Waals surface area contributed by atoms with Gasteiger partial charge in [0.2, 0.25) is 11.8 Å². The van der Waals surface area contributed by atoms with E-state index in [1.54, 1.807) is 48.2 Å². The Hall–Kier alpha value is -7.50. The van der Waals surface area contributed by atoms with Crippen LogP contribution in [0.15, 0.2) is 66.7 Å². The van der Waals surface area contributed by atoms with Gasteiger partial charge in [0, 0.05) is 69.3 Å². The highest BCUT2D eigenvalue weighted by Crippen LogP contribution is 2.50. The summed E-state index contributed by atoms with van der Waals surface area (Å²) >= 11 is 0. The number of fused-ring (bicyclic) bond motifs is 2. The lowest BCUT2D eigenvalue weighted by Gasteiger charge is -2.36. The Bertz CT molecular complexity index is 3280. The lowest BCUT2D eigenvalue weighted by Crippen LogP contribution is -2.55. The van der Waals surface area contributed by atoms with E-state index in [2.05, 4.69) is 20.6 Å². The Morgan fingerprint density at radius 1 is 0.667 bits per heavy atom. The quantitative estimate of drug-likeness (QED) is 0.0575. The first-order valence-corrected chi connectivity index (χ1v) is 27.5. The van der Waals surface area contributed by atoms with Crippen LogP contribution in [0.2, 0.25) is 0 Å². The zero-order valence-corrected chi connectivity index (χ0v) is 46.0. The molecule has 0 spiro atoms. The van der Waals surface area contributed by atoms with Gasteiger partial charge in [-0.05, 0) is 112 Å². The predicted octanol–water partition coefficient (Wildman–Crippen LogP) is 8.53. The predicted molar refractivity (Wildman–Crippen MR) is 291 cm³/mol. The number of piperidine rings is 1. The van der Waals surface area contributed by atoms with Crippen molar-refractivity contribution < 1.29 is 60.8 Å². The number of nitrogens with zero attached hydrogens (tertiary/aromatic N) is 6. The fourth-order valence-electron chi connectivity index (χ4n) is 12.6. The molecule has 4 saturated heterocycles. The summed E-state index contributed by atoms with van der Waals surface area (Å²) in [5, 5.41) is 15.1. The summed E-state index contributed by atoms with van der Waals surface area (Å²) in [4.78, 5) is 76.3. The lowest BCUT2D eigenvalue weighted by molar-refractivity contribution is -0.139. The second kappa shape index (κ2) is 23.9. The molecule has 4 amide bonds. The molecule has 4 aliphatic rings. The van der Waals surface area contributed by atoms with E-state index < -0.39 is 96.5 Å². The van der Waals surface area contributed by atoms with Crippen LogP contribution in [-0.4, -0.2) is 144 Å². The summed E-state index contributed by atoms with van der Waals surface area (Å²) in [5.41, 5.74) is 3.83. The maximum absolute atomic E-state index is 17.1. The Kier molecular flexibility index (Phi) is 16.8. The number of anilines is 2. The average molecular weight is 1130 g/mol. The first-order valence-electron chi connectivity index (χ1n) is 27.5. The number of halogens is 4. The number of benzene rings is 4. The van der Waals surface area contributed by atoms with E-state index in [-0.39, 0.29) is 34.3 Å². The van der Waals surface area contributed by atoms with Crippen LogP contribution in [0.25, 0.3) is 22.1 Å². The molecule has 432 valence electrons. The maximum atomic E-state index is 17.1. The van der Waals surface area contributed by atoms with Crippen molar-refractivity contribution in [1.29, 1.82) is 0 Å². The molecule has 0 unspecified atom stereocenters. The molecule has 2 aromatic heterocycles. The van der Waals surface area contributed by atoms with Crippen LogP contribution >= 0.6 is 0 Å². The molecule has 19 nitrogen and oxygen atoms in total. The molecule has 6 aromatic rings. The molecule has 4 fully saturated rings. The third kappa shape index (κ3) is 11.2. The van der Waals surface area contributed by atoms with Crippen LogP contribution in [0.5, 0.6) is 0 Å². The number of hydrogen-bond donors (Lipinski definition) is 5. The minimum atomic E-state index is -1.29. The number of nitrogens with one attached hydrogen (secondary N) is 4. The monoisotopic (exact) mass is 1120 g/mol. The number of H-pyrrole nitrogens is 2. The molecular weight excluding hydrogens is 1060 g/mol. The number of hydrogen-bond acceptors (Lipinski definition) is 13. The van der Waals surface area contributed by atoms with E-state index >= 15 is 13.2 Å². The summed E-state index contributed by atoms with van der Waals surface area (Å²) in [7, 11) is 5.11. The van der Waals surface area contributed by atoms with E-state index in [0.717, 1.165) is 25.5 Å². The number of aliphatic hydroxyl groups excluding tert-OH is 1. The second-order valence-electron chi connectivity index (χ2n) is 21.5. The molecular formula is C58H68F4N10O9. The van der Waals surface area contributed by atoms with Crippen LogP contribution < -0.4 is 20.4 Å². The number of rotatable bonds is 16. The molecule has 4 aliphatic heterocycles. The molecule has 6 heterocycles. The molecule has 0 saturated carbocycles. The number of methoxy groups -OCH3 is 4. The van der Waals surface area contributed by atoms with Crippen molar-refractivity contribution in [3.8, 4) is 0 Å². The van der Waals surface area contributed by atoms with Gasteiger partial charge in [-0.3, -0.25) is 9.59 Å². The summed E-state index contributed by atoms with van der Waals surface area (Å²) < 4.78 is 85.1. The maximum Gasteiger partial charge on any atom is 0.407 e. The highest BCUT2D eigenvalue weighted by atomic mass is 19.1. The first kappa shape index (κ1) is 56.8. The summed E-state index contributed by atoms with van der Waals surface area (Å²) in [6, 6.07) is 12.3. The summed E-state index contributed by atoms with van der Waals surface area (Å²) in [5.74, 6) is -2.05. The number of aliphatic hydroxyl groups is 1. The van der Waals surface area contributed by atoms with Gasteiger partial charge >= 0.3 is 12.2 Å². The summed E-state index contributed by atoms with van der Waals surface area (Å²) in [6.45, 7) is 4.85. The number of likely N-dealkylation sites (tertiary alicyclic amines) is 2. The van der Waals surface area contributed by atoms with Crippen LogP contribution in [-0.2, 0) is 28.5 Å². The van der Waals surface area contributed by atoms with Crippen molar-refractivity contribution >= 4 is 57.4 Å². The van der Waals surface area contributed by atoms with Gasteiger partial charge in [0.05, 0.1) is 78.9 Å². The third-order valence-electron chi connectivity index (χ3n) is 17.0. The number of imidazole rings is 2. The Labute approximate surface area is 465 Å². The van der Waals surface area contributed by atoms with Crippen LogP contribution in [0, 0.1) is 29.2 Å². The van der Waals surface area contributed by atoms with E-state index in [9.17, 15) is 28.7 Å². The topological polar surface area (TPSA) is 220 Å². The fourth-order valence-corrected chi connectivity index (χ4v) is 12.6. The van der Waals surface area contributed by atoms with Crippen LogP contribution in [0.4, 0.5) is 38.5 Å². The highest BCUT2D eigenvalue weighted by molar-refractivity contribution is 5.88. The zero-order chi connectivity index (χ0) is 57.4. The second-order valence-corrected chi connectivity index (χ2v) is 21.5. The zero-order valence-electron chi connectivity index (χ0n) is 46.0. The van der Waals surface area contributed by atoms with Crippen molar-refractivity contribution in [1.82, 2.24) is 40.4 Å². The molecule has 81 heavy (non-hydrogen) atoms. The SMILES string of the molecule is COC(=O)N[C@H](C(=O)N1CC[C@@H](C)[C@H]1c1nc2cc(F)c([C@H]3CC[C@H](c4cc5[nH]c([C@@H]6CCCN6C(=O)[C@@H](NC(=O)OC)[C@@H](CO)OC)nc5cc4F)N3c3ccc(N4CCC(c5ccc(F)cc5)CC4)c(F)c3)cc2[nH]1)[C@@H](C)OC. The van der Waals surface area contributed by atoms with Crippen molar-refractivity contribution in [2.75, 3.05) is 71.0 Å². The number of aromatic nitrogens is 4. The minimum absolute atomic E-state index is 0.0819. The van der Waals surface area contributed by atoms with Crippen molar-refractivity contribution in [3.63, 3.8) is 0 Å². The summed E-state index contributed by atoms with van der Waals surface area (Å²) in [6.07, 6.45) is 0.327. The number of carbonyl (C=O) groups excluding carboxylic acids is 4. The van der Waals surface area contributed by atoms with Gasteiger partial charge in [0.1, 0.15) is 53.1 Å².